The second kappa shape index (κ2) is 2.53. The molecule has 0 aliphatic carbocycles. The molecular formula is C6H11N3. The van der Waals surface area contributed by atoms with Gasteiger partial charge < -0.3 is 10.6 Å². The molecule has 3 nitrogen and oxygen atoms in total. The van der Waals surface area contributed by atoms with Crippen LogP contribution in [0, 0.1) is 5.41 Å². The van der Waals surface area contributed by atoms with E-state index < -0.39 is 0 Å². The first-order valence-corrected chi connectivity index (χ1v) is 3.08. The van der Waals surface area contributed by atoms with E-state index in [1.165, 1.54) is 0 Å². The monoisotopic (exact) mass is 125 g/mol. The number of guanidine groups is 1. The molecule has 1 rings (SSSR count). The van der Waals surface area contributed by atoms with Crippen molar-refractivity contribution in [1.29, 1.82) is 5.41 Å². The van der Waals surface area contributed by atoms with Crippen molar-refractivity contribution >= 4 is 5.96 Å². The Hall–Kier alpha value is -0.990. The smallest absolute Gasteiger partial charge is 0.192 e. The molecule has 0 radical (unpaired) electrons. The Morgan fingerprint density at radius 1 is 1.67 bits per heavy atom. The fourth-order valence-electron chi connectivity index (χ4n) is 0.857. The van der Waals surface area contributed by atoms with Gasteiger partial charge in [-0.1, -0.05) is 6.08 Å². The minimum Gasteiger partial charge on any atom is -0.370 e. The minimum absolute atomic E-state index is 0.144. The quantitative estimate of drug-likeness (QED) is 0.365. The van der Waals surface area contributed by atoms with E-state index in [4.69, 9.17) is 11.1 Å². The summed E-state index contributed by atoms with van der Waals surface area (Å²) < 4.78 is 0. The van der Waals surface area contributed by atoms with Gasteiger partial charge in [0, 0.05) is 12.7 Å². The molecule has 0 aromatic carbocycles. The molecule has 1 aliphatic heterocycles. The van der Waals surface area contributed by atoms with E-state index in [2.05, 4.69) is 0 Å². The van der Waals surface area contributed by atoms with Crippen molar-refractivity contribution in [3.63, 3.8) is 0 Å². The van der Waals surface area contributed by atoms with Crippen LogP contribution in [0.25, 0.3) is 0 Å². The normalized spacial score (nSPS) is 18.0. The molecule has 0 aromatic heterocycles. The molecule has 0 saturated heterocycles. The Labute approximate surface area is 54.7 Å². The summed E-state index contributed by atoms with van der Waals surface area (Å²) in [5.74, 6) is 0.144. The topological polar surface area (TPSA) is 53.1 Å². The number of hydrogen-bond donors (Lipinski definition) is 2. The van der Waals surface area contributed by atoms with Crippen LogP contribution in [-0.4, -0.2) is 17.4 Å². The largest absolute Gasteiger partial charge is 0.370 e. The van der Waals surface area contributed by atoms with Crippen LogP contribution in [-0.2, 0) is 0 Å². The molecule has 50 valence electrons. The number of hydrogen-bond acceptors (Lipinski definition) is 1. The zero-order chi connectivity index (χ0) is 6.69. The summed E-state index contributed by atoms with van der Waals surface area (Å²) in [6.45, 7) is 0.895. The van der Waals surface area contributed by atoms with E-state index in [1.54, 1.807) is 4.90 Å². The van der Waals surface area contributed by atoms with Crippen molar-refractivity contribution in [2.75, 3.05) is 6.54 Å². The summed E-state index contributed by atoms with van der Waals surface area (Å²) in [5, 5.41) is 7.04. The second-order valence-corrected chi connectivity index (χ2v) is 2.11. The summed E-state index contributed by atoms with van der Waals surface area (Å²) in [5.41, 5.74) is 5.23. The third-order valence-electron chi connectivity index (χ3n) is 1.36. The Bertz CT molecular complexity index is 139. The molecule has 1 aliphatic rings. The van der Waals surface area contributed by atoms with Crippen molar-refractivity contribution in [3.05, 3.63) is 12.3 Å². The van der Waals surface area contributed by atoms with Crippen molar-refractivity contribution in [1.82, 2.24) is 4.90 Å². The number of nitrogens with zero attached hydrogens (tertiary/aromatic N) is 1. The van der Waals surface area contributed by atoms with Crippen LogP contribution in [0.3, 0.4) is 0 Å². The van der Waals surface area contributed by atoms with Crippen LogP contribution >= 0.6 is 0 Å². The molecule has 0 fully saturated rings. The molecule has 0 amide bonds. The van der Waals surface area contributed by atoms with E-state index in [-0.39, 0.29) is 5.96 Å². The molecule has 1 heterocycles. The van der Waals surface area contributed by atoms with Gasteiger partial charge in [0.2, 0.25) is 0 Å². The zero-order valence-electron chi connectivity index (χ0n) is 5.30. The highest BCUT2D eigenvalue weighted by Crippen LogP contribution is 2.03. The maximum atomic E-state index is 7.04. The van der Waals surface area contributed by atoms with Gasteiger partial charge in [0.1, 0.15) is 0 Å². The van der Waals surface area contributed by atoms with Gasteiger partial charge >= 0.3 is 0 Å². The summed E-state index contributed by atoms with van der Waals surface area (Å²) in [4.78, 5) is 1.74. The van der Waals surface area contributed by atoms with Crippen LogP contribution in [0.2, 0.25) is 0 Å². The fraction of sp³-hybridized carbons (Fsp3) is 0.500. The highest BCUT2D eigenvalue weighted by molar-refractivity contribution is 5.75. The summed E-state index contributed by atoms with van der Waals surface area (Å²) >= 11 is 0. The lowest BCUT2D eigenvalue weighted by atomic mass is 10.2. The van der Waals surface area contributed by atoms with Crippen molar-refractivity contribution in [2.45, 2.75) is 12.8 Å². The molecular weight excluding hydrogens is 114 g/mol. The average molecular weight is 125 g/mol. The van der Waals surface area contributed by atoms with E-state index in [1.807, 2.05) is 12.3 Å². The van der Waals surface area contributed by atoms with Crippen molar-refractivity contribution in [3.8, 4) is 0 Å². The molecule has 0 spiro atoms. The van der Waals surface area contributed by atoms with Crippen LogP contribution in [0.15, 0.2) is 12.3 Å². The van der Waals surface area contributed by atoms with Gasteiger partial charge in [0.25, 0.3) is 0 Å². The predicted molar refractivity (Wildman–Crippen MR) is 37.0 cm³/mol. The van der Waals surface area contributed by atoms with E-state index in [0.717, 1.165) is 19.4 Å². The SMILES string of the molecule is N=C(N)N1C=CCCC1. The van der Waals surface area contributed by atoms with Gasteiger partial charge in [-0.05, 0) is 12.8 Å². The molecule has 9 heavy (non-hydrogen) atoms. The van der Waals surface area contributed by atoms with Gasteiger partial charge in [0.05, 0.1) is 0 Å². The van der Waals surface area contributed by atoms with E-state index in [9.17, 15) is 0 Å². The number of allylic oxidation sites excluding steroid dienone is 1. The number of rotatable bonds is 0. The minimum atomic E-state index is 0.144. The van der Waals surface area contributed by atoms with Gasteiger partial charge in [-0.25, -0.2) is 0 Å². The Balaban J connectivity index is 2.50. The molecule has 0 unspecified atom stereocenters. The van der Waals surface area contributed by atoms with Crippen LogP contribution in [0.1, 0.15) is 12.8 Å². The highest BCUT2D eigenvalue weighted by atomic mass is 15.2. The number of nitrogens with one attached hydrogen (secondary N) is 1. The molecule has 0 atom stereocenters. The van der Waals surface area contributed by atoms with Gasteiger partial charge in [0.15, 0.2) is 5.96 Å². The molecule has 0 saturated carbocycles. The van der Waals surface area contributed by atoms with E-state index in [0.29, 0.717) is 0 Å². The third-order valence-corrected chi connectivity index (χ3v) is 1.36. The maximum Gasteiger partial charge on any atom is 0.192 e. The van der Waals surface area contributed by atoms with Gasteiger partial charge in [-0.2, -0.15) is 0 Å². The standard InChI is InChI=1S/C6H11N3/c7-6(8)9-4-2-1-3-5-9/h2,4H,1,3,5H2,(H3,7,8). The van der Waals surface area contributed by atoms with Crippen molar-refractivity contribution in [2.24, 2.45) is 5.73 Å². The lowest BCUT2D eigenvalue weighted by Gasteiger charge is -2.20. The maximum absolute atomic E-state index is 7.04. The molecule has 0 bridgehead atoms. The van der Waals surface area contributed by atoms with Crippen molar-refractivity contribution < 1.29 is 0 Å². The lowest BCUT2D eigenvalue weighted by Crippen LogP contribution is -2.33. The first-order valence-electron chi connectivity index (χ1n) is 3.08. The average Bonchev–Trinajstić information content (AvgIpc) is 1.90. The predicted octanol–water partition coefficient (Wildman–Crippen LogP) is 0.489. The number of nitrogens with two attached hydrogens (primary N) is 1. The Morgan fingerprint density at radius 3 is 2.78 bits per heavy atom. The van der Waals surface area contributed by atoms with Gasteiger partial charge in [-0.3, -0.25) is 5.41 Å². The first-order chi connectivity index (χ1) is 4.30. The lowest BCUT2D eigenvalue weighted by molar-refractivity contribution is 0.502. The first kappa shape index (κ1) is 6.13. The van der Waals surface area contributed by atoms with E-state index >= 15 is 0 Å². The summed E-state index contributed by atoms with van der Waals surface area (Å²) in [7, 11) is 0. The second-order valence-electron chi connectivity index (χ2n) is 2.11. The highest BCUT2D eigenvalue weighted by Gasteiger charge is 2.03. The van der Waals surface area contributed by atoms with Crippen LogP contribution < -0.4 is 5.73 Å². The molecule has 0 aromatic rings. The van der Waals surface area contributed by atoms with Crippen LogP contribution in [0.5, 0.6) is 0 Å². The Kier molecular flexibility index (Phi) is 1.72. The summed E-state index contributed by atoms with van der Waals surface area (Å²) in [6, 6.07) is 0. The fourth-order valence-corrected chi connectivity index (χ4v) is 0.857. The Morgan fingerprint density at radius 2 is 2.44 bits per heavy atom. The molecule has 3 N–H and O–H groups in total. The molecule has 3 heteroatoms. The summed E-state index contributed by atoms with van der Waals surface area (Å²) in [6.07, 6.45) is 6.12. The van der Waals surface area contributed by atoms with Crippen LogP contribution in [0.4, 0.5) is 0 Å². The third kappa shape index (κ3) is 1.45. The van der Waals surface area contributed by atoms with Gasteiger partial charge in [-0.15, -0.1) is 0 Å². The zero-order valence-corrected chi connectivity index (χ0v) is 5.30.